The van der Waals surface area contributed by atoms with Gasteiger partial charge < -0.3 is 9.15 Å². The fourth-order valence-corrected chi connectivity index (χ4v) is 4.49. The minimum Gasteiger partial charge on any atom is -0.495 e. The Balaban J connectivity index is 2.00. The Kier molecular flexibility index (Phi) is 6.15. The summed E-state index contributed by atoms with van der Waals surface area (Å²) in [6.07, 6.45) is -8.05. The summed E-state index contributed by atoms with van der Waals surface area (Å²) < 4.78 is 118. The molecular formula is C23H16F6N2O4S. The van der Waals surface area contributed by atoms with Crippen LogP contribution in [0.15, 0.2) is 70.2 Å². The van der Waals surface area contributed by atoms with Crippen molar-refractivity contribution >= 4 is 9.84 Å². The van der Waals surface area contributed by atoms with Crippen molar-refractivity contribution < 1.29 is 43.9 Å². The lowest BCUT2D eigenvalue weighted by atomic mass is 10.1. The number of nitrogens with zero attached hydrogens (tertiary/aromatic N) is 2. The average Bonchev–Trinajstić information content (AvgIpc) is 3.47. The Morgan fingerprint density at radius 2 is 1.56 bits per heavy atom. The van der Waals surface area contributed by atoms with Gasteiger partial charge in [0.05, 0.1) is 24.8 Å². The number of alkyl halides is 6. The zero-order valence-electron chi connectivity index (χ0n) is 18.5. The number of furan rings is 1. The minimum absolute atomic E-state index is 0.118. The number of ether oxygens (including phenoxy) is 1. The molecule has 0 unspecified atom stereocenters. The topological polar surface area (TPSA) is 74.3 Å². The summed E-state index contributed by atoms with van der Waals surface area (Å²) in [4.78, 5) is -0.770. The molecule has 0 fully saturated rings. The van der Waals surface area contributed by atoms with Crippen LogP contribution in [0.3, 0.4) is 0 Å². The van der Waals surface area contributed by atoms with E-state index >= 15 is 0 Å². The van der Waals surface area contributed by atoms with E-state index in [1.54, 1.807) is 12.1 Å². The molecule has 2 aromatic carbocycles. The van der Waals surface area contributed by atoms with E-state index in [0.717, 1.165) is 19.2 Å². The van der Waals surface area contributed by atoms with Crippen molar-refractivity contribution in [3.05, 3.63) is 72.1 Å². The highest BCUT2D eigenvalue weighted by Gasteiger charge is 2.42. The van der Waals surface area contributed by atoms with Gasteiger partial charge in [-0.05, 0) is 30.3 Å². The maximum atomic E-state index is 14.2. The molecule has 0 N–H and O–H groups in total. The molecule has 36 heavy (non-hydrogen) atoms. The number of hydrogen-bond donors (Lipinski definition) is 0. The summed E-state index contributed by atoms with van der Waals surface area (Å²) in [7, 11) is -3.34. The van der Waals surface area contributed by atoms with E-state index in [9.17, 15) is 34.8 Å². The average molecular weight is 530 g/mol. The van der Waals surface area contributed by atoms with Gasteiger partial charge in [0, 0.05) is 17.4 Å². The number of benzene rings is 2. The van der Waals surface area contributed by atoms with Crippen LogP contribution in [0.1, 0.15) is 11.3 Å². The fraction of sp³-hybridized carbons (Fsp3) is 0.174. The predicted molar refractivity (Wildman–Crippen MR) is 116 cm³/mol. The monoisotopic (exact) mass is 530 g/mol. The number of aromatic nitrogens is 2. The van der Waals surface area contributed by atoms with Gasteiger partial charge in [-0.1, -0.05) is 24.3 Å². The highest BCUT2D eigenvalue weighted by Crippen LogP contribution is 2.45. The maximum Gasteiger partial charge on any atom is 0.435 e. The summed E-state index contributed by atoms with van der Waals surface area (Å²) in [5.74, 6) is -0.572. The Labute approximate surface area is 200 Å². The third-order valence-corrected chi connectivity index (χ3v) is 6.32. The fourth-order valence-electron chi connectivity index (χ4n) is 3.66. The summed E-state index contributed by atoms with van der Waals surface area (Å²) in [5.41, 5.74) is -3.47. The highest BCUT2D eigenvalue weighted by molar-refractivity contribution is 7.90. The first-order valence-electron chi connectivity index (χ1n) is 10.0. The number of rotatable bonds is 5. The van der Waals surface area contributed by atoms with Gasteiger partial charge in [-0.3, -0.25) is 0 Å². The Hall–Kier alpha value is -3.74. The highest BCUT2D eigenvalue weighted by atomic mass is 32.2. The zero-order valence-corrected chi connectivity index (χ0v) is 19.3. The van der Waals surface area contributed by atoms with Crippen molar-refractivity contribution in [3.8, 4) is 34.0 Å². The van der Waals surface area contributed by atoms with Crippen LogP contribution in [0, 0.1) is 0 Å². The second-order valence-electron chi connectivity index (χ2n) is 7.64. The van der Waals surface area contributed by atoms with Crippen molar-refractivity contribution in [2.24, 2.45) is 0 Å². The van der Waals surface area contributed by atoms with Gasteiger partial charge >= 0.3 is 12.4 Å². The van der Waals surface area contributed by atoms with Gasteiger partial charge in [0.1, 0.15) is 16.2 Å². The van der Waals surface area contributed by atoms with Crippen LogP contribution < -0.4 is 4.74 Å². The van der Waals surface area contributed by atoms with Crippen molar-refractivity contribution in [2.75, 3.05) is 13.4 Å². The van der Waals surface area contributed by atoms with Gasteiger partial charge in [-0.2, -0.15) is 31.4 Å². The molecule has 190 valence electrons. The molecule has 2 heterocycles. The van der Waals surface area contributed by atoms with Crippen molar-refractivity contribution in [1.29, 1.82) is 0 Å². The normalized spacial score (nSPS) is 12.7. The predicted octanol–water partition coefficient (Wildman–Crippen LogP) is 6.25. The van der Waals surface area contributed by atoms with Gasteiger partial charge in [0.15, 0.2) is 21.3 Å². The van der Waals surface area contributed by atoms with Crippen molar-refractivity contribution in [2.45, 2.75) is 17.2 Å². The van der Waals surface area contributed by atoms with Crippen LogP contribution in [0.2, 0.25) is 0 Å². The molecule has 13 heteroatoms. The van der Waals surface area contributed by atoms with Gasteiger partial charge in [-0.25, -0.2) is 13.1 Å². The molecule has 6 nitrogen and oxygen atoms in total. The summed E-state index contributed by atoms with van der Waals surface area (Å²) in [6, 6.07) is 11.3. The van der Waals surface area contributed by atoms with E-state index in [0.29, 0.717) is 28.3 Å². The number of methoxy groups -OCH3 is 1. The summed E-state index contributed by atoms with van der Waals surface area (Å²) in [6.45, 7) is 0. The van der Waals surface area contributed by atoms with Crippen LogP contribution in [0.25, 0.3) is 28.3 Å². The Morgan fingerprint density at radius 1 is 0.917 bits per heavy atom. The number of sulfone groups is 1. The van der Waals surface area contributed by atoms with Crippen LogP contribution in [-0.4, -0.2) is 31.6 Å². The van der Waals surface area contributed by atoms with E-state index < -0.39 is 49.8 Å². The van der Waals surface area contributed by atoms with Gasteiger partial charge in [0.2, 0.25) is 0 Å². The molecule has 0 saturated heterocycles. The second-order valence-corrected chi connectivity index (χ2v) is 9.62. The molecule has 0 aliphatic heterocycles. The number of halogens is 6. The number of hydrogen-bond acceptors (Lipinski definition) is 5. The van der Waals surface area contributed by atoms with Gasteiger partial charge in [-0.15, -0.1) is 0 Å². The summed E-state index contributed by atoms with van der Waals surface area (Å²) >= 11 is 0. The lowest BCUT2D eigenvalue weighted by molar-refractivity contribution is -0.141. The standard InChI is InChI=1S/C23H16F6N2O4S/c1-34-21-18(36(2,32)33)10-9-15(20(21)23(27,28)29)31-16(12-19(30-31)22(24,25)26)13-5-7-14(8-6-13)17-4-3-11-35-17/h3-12H,1-2H3. The van der Waals surface area contributed by atoms with E-state index in [-0.39, 0.29) is 11.3 Å². The molecular weight excluding hydrogens is 514 g/mol. The molecule has 0 atom stereocenters. The lowest BCUT2D eigenvalue weighted by Crippen LogP contribution is -2.17. The Bertz CT molecular complexity index is 1500. The quantitative estimate of drug-likeness (QED) is 0.285. The molecule has 0 amide bonds. The lowest BCUT2D eigenvalue weighted by Gasteiger charge is -2.20. The molecule has 0 spiro atoms. The molecule has 2 aromatic heterocycles. The van der Waals surface area contributed by atoms with Crippen molar-refractivity contribution in [3.63, 3.8) is 0 Å². The molecule has 0 aliphatic carbocycles. The first-order valence-corrected chi connectivity index (χ1v) is 11.9. The first-order chi connectivity index (χ1) is 16.7. The second kappa shape index (κ2) is 8.73. The van der Waals surface area contributed by atoms with Gasteiger partial charge in [0.25, 0.3) is 0 Å². The zero-order chi connectivity index (χ0) is 26.5. The minimum atomic E-state index is -5.20. The van der Waals surface area contributed by atoms with Crippen LogP contribution in [0.5, 0.6) is 5.75 Å². The van der Waals surface area contributed by atoms with E-state index in [2.05, 4.69) is 5.10 Å². The first kappa shape index (κ1) is 25.4. The Morgan fingerprint density at radius 3 is 2.06 bits per heavy atom. The smallest absolute Gasteiger partial charge is 0.435 e. The van der Waals surface area contributed by atoms with E-state index in [4.69, 9.17) is 9.15 Å². The van der Waals surface area contributed by atoms with Crippen molar-refractivity contribution in [1.82, 2.24) is 9.78 Å². The molecule has 0 bridgehead atoms. The molecule has 4 aromatic rings. The van der Waals surface area contributed by atoms with E-state index in [1.165, 1.54) is 30.5 Å². The third-order valence-electron chi connectivity index (χ3n) is 5.20. The van der Waals surface area contributed by atoms with Crippen LogP contribution in [-0.2, 0) is 22.2 Å². The maximum absolute atomic E-state index is 14.2. The largest absolute Gasteiger partial charge is 0.495 e. The molecule has 0 aliphatic rings. The molecule has 4 rings (SSSR count). The molecule has 0 saturated carbocycles. The van der Waals surface area contributed by atoms with Crippen LogP contribution >= 0.6 is 0 Å². The van der Waals surface area contributed by atoms with E-state index in [1.807, 2.05) is 0 Å². The van der Waals surface area contributed by atoms with Crippen LogP contribution in [0.4, 0.5) is 26.3 Å². The molecule has 0 radical (unpaired) electrons. The summed E-state index contributed by atoms with van der Waals surface area (Å²) in [5, 5.41) is 3.41. The SMILES string of the molecule is COc1c(S(C)(=O)=O)ccc(-n2nc(C(F)(F)F)cc2-c2ccc(-c3ccco3)cc2)c1C(F)(F)F. The third kappa shape index (κ3) is 4.70.